The Morgan fingerprint density at radius 2 is 1.67 bits per heavy atom. The number of aliphatic carboxylic acids is 1. The second-order valence-corrected chi connectivity index (χ2v) is 15.9. The number of fused-ring (bicyclic) bond motifs is 2. The molecule has 0 atom stereocenters. The number of ether oxygens (including phenoxy) is 1. The smallest absolute Gasteiger partial charge is 0.310 e. The first-order valence-corrected chi connectivity index (χ1v) is 17.7. The van der Waals surface area contributed by atoms with E-state index in [4.69, 9.17) is 20.5 Å². The lowest BCUT2D eigenvalue weighted by atomic mass is 10.2. The second kappa shape index (κ2) is 12.0. The van der Waals surface area contributed by atoms with Gasteiger partial charge in [-0.2, -0.15) is 0 Å². The number of carboxylic acid groups (broad SMARTS) is 1. The molecular weight excluding hydrogens is 608 g/mol. The third-order valence-electron chi connectivity index (χ3n) is 5.93. The van der Waals surface area contributed by atoms with Crippen molar-refractivity contribution in [2.24, 2.45) is 0 Å². The Morgan fingerprint density at radius 1 is 1.03 bits per heavy atom. The number of aromatic nitrogens is 2. The summed E-state index contributed by atoms with van der Waals surface area (Å²) in [5.41, 5.74) is 3.28. The van der Waals surface area contributed by atoms with Crippen LogP contribution >= 0.6 is 33.4 Å². The van der Waals surface area contributed by atoms with E-state index in [9.17, 15) is 26.4 Å². The summed E-state index contributed by atoms with van der Waals surface area (Å²) in [6.45, 7) is 2.26. The van der Waals surface area contributed by atoms with E-state index in [1.165, 1.54) is 21.5 Å². The lowest BCUT2D eigenvalue weighted by Gasteiger charge is -2.03. The van der Waals surface area contributed by atoms with Gasteiger partial charge in [0, 0.05) is 23.1 Å². The molecule has 212 valence electrons. The fourth-order valence-electron chi connectivity index (χ4n) is 3.76. The van der Waals surface area contributed by atoms with Crippen LogP contribution < -0.4 is 0 Å². The number of hydrogen-bond donors (Lipinski definition) is 2. The highest BCUT2D eigenvalue weighted by Gasteiger charge is 2.38. The van der Waals surface area contributed by atoms with Crippen LogP contribution in [-0.2, 0) is 46.2 Å². The summed E-state index contributed by atoms with van der Waals surface area (Å²) < 4.78 is 52.8. The number of carbonyl (C=O) groups excluding carboxylic acids is 1. The number of aromatic amines is 1. The van der Waals surface area contributed by atoms with Crippen LogP contribution in [-0.4, -0.2) is 59.9 Å². The average Bonchev–Trinajstić information content (AvgIpc) is 3.72. The van der Waals surface area contributed by atoms with Crippen molar-refractivity contribution in [1.29, 1.82) is 0 Å². The van der Waals surface area contributed by atoms with Gasteiger partial charge in [-0.15, -0.1) is 22.7 Å². The predicted octanol–water partition coefficient (Wildman–Crippen LogP) is 4.72. The number of halogens is 1. The first kappa shape index (κ1) is 29.6. The zero-order valence-corrected chi connectivity index (χ0v) is 24.9. The van der Waals surface area contributed by atoms with Gasteiger partial charge in [-0.1, -0.05) is 0 Å². The number of esters is 1. The molecule has 2 N–H and O–H groups in total. The molecule has 15 heteroatoms. The number of rotatable bonds is 8. The summed E-state index contributed by atoms with van der Waals surface area (Å²) in [6, 6.07) is 3.74. The minimum Gasteiger partial charge on any atom is -0.481 e. The summed E-state index contributed by atoms with van der Waals surface area (Å²) >= 11 is 3.02. The Kier molecular flexibility index (Phi) is 9.11. The molecule has 39 heavy (non-hydrogen) atoms. The molecule has 0 amide bonds. The number of hydrogen-bond acceptors (Lipinski definition) is 9. The third kappa shape index (κ3) is 7.42. The average molecular weight is 635 g/mol. The van der Waals surface area contributed by atoms with Gasteiger partial charge in [0.05, 0.1) is 50.4 Å². The quantitative estimate of drug-likeness (QED) is 0.209. The van der Waals surface area contributed by atoms with E-state index in [1.54, 1.807) is 22.8 Å². The largest absolute Gasteiger partial charge is 0.481 e. The second-order valence-electron chi connectivity index (χ2n) is 9.03. The lowest BCUT2D eigenvalue weighted by Crippen LogP contribution is -2.16. The van der Waals surface area contributed by atoms with Crippen molar-refractivity contribution < 1.29 is 36.3 Å². The standard InChI is InChI=1S/C11H11NO4S2.C10H11NO2S.C3H5ClO2S/c13-10(14)5-7-6-12(9-3-4-17-11(7)9)18(15,16)8-1-2-8;1-2-13-9(12)5-7-6-11-8-3-4-14-10(7)8;4-7(5,6)3-1-2-3/h3-4,6,8H,1-2,5H2,(H,13,14);3-4,6,11H,2,5H2,1H3;3H,1-2H2. The molecular formula is C24H27ClN2O8S4. The van der Waals surface area contributed by atoms with Crippen LogP contribution in [0.4, 0.5) is 0 Å². The molecule has 2 aliphatic rings. The molecule has 10 nitrogen and oxygen atoms in total. The van der Waals surface area contributed by atoms with Crippen molar-refractivity contribution in [2.75, 3.05) is 6.61 Å². The summed E-state index contributed by atoms with van der Waals surface area (Å²) in [5, 5.41) is 12.1. The van der Waals surface area contributed by atoms with Crippen molar-refractivity contribution in [3.8, 4) is 0 Å². The maximum Gasteiger partial charge on any atom is 0.310 e. The molecule has 0 aromatic carbocycles. The highest BCUT2D eigenvalue weighted by atomic mass is 35.7. The molecule has 2 aliphatic carbocycles. The first-order valence-electron chi connectivity index (χ1n) is 12.1. The van der Waals surface area contributed by atoms with Gasteiger partial charge in [0.2, 0.25) is 19.1 Å². The minimum atomic E-state index is -3.35. The van der Waals surface area contributed by atoms with Gasteiger partial charge in [0.25, 0.3) is 0 Å². The summed E-state index contributed by atoms with van der Waals surface area (Å²) in [7, 11) is -1.60. The van der Waals surface area contributed by atoms with E-state index in [1.807, 2.05) is 24.6 Å². The Balaban J connectivity index is 0.000000149. The molecule has 0 saturated heterocycles. The van der Waals surface area contributed by atoms with Crippen molar-refractivity contribution in [3.05, 3.63) is 46.4 Å². The van der Waals surface area contributed by atoms with Crippen LogP contribution in [0.2, 0.25) is 0 Å². The van der Waals surface area contributed by atoms with Gasteiger partial charge in [-0.25, -0.2) is 20.8 Å². The van der Waals surface area contributed by atoms with Crippen LogP contribution in [0, 0.1) is 0 Å². The van der Waals surface area contributed by atoms with E-state index in [0.29, 0.717) is 36.9 Å². The SMILES string of the molecule is CCOC(=O)Cc1c[nH]c2ccsc12.O=C(O)Cc1cn(S(=O)(=O)C2CC2)c2ccsc12.O=S(=O)(Cl)C1CC1. The maximum absolute atomic E-state index is 12.2. The molecule has 2 fully saturated rings. The number of nitrogens with one attached hydrogen (secondary N) is 1. The third-order valence-corrected chi connectivity index (χ3v) is 12.1. The van der Waals surface area contributed by atoms with Crippen molar-refractivity contribution in [1.82, 2.24) is 8.96 Å². The molecule has 4 heterocycles. The zero-order chi connectivity index (χ0) is 28.4. The lowest BCUT2D eigenvalue weighted by molar-refractivity contribution is -0.142. The predicted molar refractivity (Wildman–Crippen MR) is 153 cm³/mol. The number of carboxylic acids is 1. The summed E-state index contributed by atoms with van der Waals surface area (Å²) in [6.07, 6.45) is 6.44. The fourth-order valence-corrected chi connectivity index (χ4v) is 8.58. The van der Waals surface area contributed by atoms with E-state index >= 15 is 0 Å². The molecule has 0 radical (unpaired) electrons. The topological polar surface area (TPSA) is 153 Å². The summed E-state index contributed by atoms with van der Waals surface area (Å²) in [5.74, 6) is -1.12. The Morgan fingerprint density at radius 3 is 2.23 bits per heavy atom. The van der Waals surface area contributed by atoms with E-state index < -0.39 is 25.0 Å². The molecule has 0 bridgehead atoms. The van der Waals surface area contributed by atoms with Crippen molar-refractivity contribution >= 4 is 84.8 Å². The normalized spacial score (nSPS) is 15.3. The van der Waals surface area contributed by atoms with Crippen LogP contribution in [0.5, 0.6) is 0 Å². The minimum absolute atomic E-state index is 0.149. The van der Waals surface area contributed by atoms with Gasteiger partial charge in [-0.3, -0.25) is 9.59 Å². The van der Waals surface area contributed by atoms with Gasteiger partial charge < -0.3 is 14.8 Å². The Bertz CT molecular complexity index is 1690. The van der Waals surface area contributed by atoms with E-state index in [2.05, 4.69) is 4.98 Å². The molecule has 6 rings (SSSR count). The van der Waals surface area contributed by atoms with Crippen LogP contribution in [0.1, 0.15) is 43.7 Å². The number of H-pyrrole nitrogens is 1. The fraction of sp³-hybridized carbons (Fsp3) is 0.417. The number of nitrogens with zero attached hydrogens (tertiary/aromatic N) is 1. The van der Waals surface area contributed by atoms with Gasteiger partial charge in [0.1, 0.15) is 0 Å². The highest BCUT2D eigenvalue weighted by molar-refractivity contribution is 8.14. The van der Waals surface area contributed by atoms with Crippen molar-refractivity contribution in [3.63, 3.8) is 0 Å². The van der Waals surface area contributed by atoms with Crippen molar-refractivity contribution in [2.45, 2.75) is 55.9 Å². The molecule has 2 saturated carbocycles. The maximum atomic E-state index is 12.2. The van der Waals surface area contributed by atoms with E-state index in [-0.39, 0.29) is 22.9 Å². The Hall–Kier alpha value is -2.39. The first-order chi connectivity index (χ1) is 18.4. The summed E-state index contributed by atoms with van der Waals surface area (Å²) in [4.78, 5) is 25.1. The monoisotopic (exact) mass is 634 g/mol. The highest BCUT2D eigenvalue weighted by Crippen LogP contribution is 2.35. The molecule has 0 spiro atoms. The molecule has 0 aliphatic heterocycles. The van der Waals surface area contributed by atoms with Crippen LogP contribution in [0.15, 0.2) is 35.3 Å². The van der Waals surface area contributed by atoms with Crippen LogP contribution in [0.3, 0.4) is 0 Å². The molecule has 4 aromatic rings. The number of carbonyl (C=O) groups is 2. The zero-order valence-electron chi connectivity index (χ0n) is 20.8. The molecule has 0 unspecified atom stereocenters. The number of thiophene rings is 2. The van der Waals surface area contributed by atoms with Crippen LogP contribution in [0.25, 0.3) is 20.4 Å². The van der Waals surface area contributed by atoms with Gasteiger partial charge in [0.15, 0.2) is 0 Å². The van der Waals surface area contributed by atoms with E-state index in [0.717, 1.165) is 33.3 Å². The van der Waals surface area contributed by atoms with Gasteiger partial charge >= 0.3 is 11.9 Å². The molecule has 4 aromatic heterocycles. The van der Waals surface area contributed by atoms with Gasteiger partial charge in [-0.05, 0) is 66.6 Å². The Labute approximate surface area is 238 Å².